The summed E-state index contributed by atoms with van der Waals surface area (Å²) in [6, 6.07) is 15.1. The van der Waals surface area contributed by atoms with Crippen LogP contribution < -0.4 is 15.0 Å². The van der Waals surface area contributed by atoms with Crippen molar-refractivity contribution in [1.82, 2.24) is 4.90 Å². The van der Waals surface area contributed by atoms with Gasteiger partial charge in [-0.05, 0) is 62.6 Å². The molecule has 7 heteroatoms. The molecule has 1 fully saturated rings. The SMILES string of the molecule is Cc1cc2c(N3CCN(CCCCOc4ccc5c(c4)NC(=O)CC5)CC3)cccc2s1.Cl. The fourth-order valence-corrected chi connectivity index (χ4v) is 5.67. The van der Waals surface area contributed by atoms with Crippen LogP contribution in [0.3, 0.4) is 0 Å². The lowest BCUT2D eigenvalue weighted by Crippen LogP contribution is -2.46. The predicted octanol–water partition coefficient (Wildman–Crippen LogP) is 5.50. The maximum Gasteiger partial charge on any atom is 0.224 e. The molecule has 1 saturated heterocycles. The van der Waals surface area contributed by atoms with Gasteiger partial charge in [-0.15, -0.1) is 23.7 Å². The molecular weight excluding hydrogens is 454 g/mol. The van der Waals surface area contributed by atoms with Gasteiger partial charge in [-0.1, -0.05) is 12.1 Å². The van der Waals surface area contributed by atoms with E-state index in [4.69, 9.17) is 4.74 Å². The zero-order valence-electron chi connectivity index (χ0n) is 19.1. The van der Waals surface area contributed by atoms with Crippen molar-refractivity contribution in [2.45, 2.75) is 32.6 Å². The third-order valence-corrected chi connectivity index (χ3v) is 7.50. The van der Waals surface area contributed by atoms with E-state index in [-0.39, 0.29) is 18.3 Å². The summed E-state index contributed by atoms with van der Waals surface area (Å²) in [4.78, 5) is 18.1. The van der Waals surface area contributed by atoms with E-state index in [0.717, 1.165) is 63.4 Å². The molecule has 2 aromatic carbocycles. The molecule has 5 rings (SSSR count). The molecule has 0 saturated carbocycles. The van der Waals surface area contributed by atoms with Gasteiger partial charge in [0.2, 0.25) is 5.91 Å². The number of hydrogen-bond acceptors (Lipinski definition) is 5. The lowest BCUT2D eigenvalue weighted by molar-refractivity contribution is -0.116. The second-order valence-corrected chi connectivity index (χ2v) is 10.1. The van der Waals surface area contributed by atoms with Crippen LogP contribution >= 0.6 is 23.7 Å². The van der Waals surface area contributed by atoms with Crippen LogP contribution in [0.5, 0.6) is 5.75 Å². The average molecular weight is 486 g/mol. The Bertz CT molecular complexity index is 1110. The maximum absolute atomic E-state index is 11.6. The number of rotatable bonds is 7. The maximum atomic E-state index is 11.6. The topological polar surface area (TPSA) is 44.8 Å². The largest absolute Gasteiger partial charge is 0.494 e. The normalized spacial score (nSPS) is 16.3. The van der Waals surface area contributed by atoms with Gasteiger partial charge in [-0.25, -0.2) is 0 Å². The zero-order chi connectivity index (χ0) is 21.9. The van der Waals surface area contributed by atoms with E-state index >= 15 is 0 Å². The van der Waals surface area contributed by atoms with Crippen LogP contribution in [-0.4, -0.2) is 50.1 Å². The first kappa shape index (κ1) is 23.9. The van der Waals surface area contributed by atoms with Crippen LogP contribution in [0.25, 0.3) is 10.1 Å². The van der Waals surface area contributed by atoms with Crippen molar-refractivity contribution in [2.75, 3.05) is 49.5 Å². The smallest absolute Gasteiger partial charge is 0.224 e. The summed E-state index contributed by atoms with van der Waals surface area (Å²) in [5, 5.41) is 4.35. The van der Waals surface area contributed by atoms with E-state index in [2.05, 4.69) is 52.4 Å². The molecule has 3 heterocycles. The van der Waals surface area contributed by atoms with Crippen LogP contribution in [0, 0.1) is 6.92 Å². The number of nitrogens with zero attached hydrogens (tertiary/aromatic N) is 2. The Kier molecular flexibility index (Phi) is 7.78. The number of amides is 1. The Morgan fingerprint density at radius 3 is 2.73 bits per heavy atom. The number of unbranched alkanes of at least 4 members (excludes halogenated alkanes) is 1. The third kappa shape index (κ3) is 5.62. The highest BCUT2D eigenvalue weighted by Crippen LogP contribution is 2.33. The van der Waals surface area contributed by atoms with Crippen molar-refractivity contribution >= 4 is 51.1 Å². The Morgan fingerprint density at radius 2 is 1.88 bits per heavy atom. The number of hydrogen-bond donors (Lipinski definition) is 1. The summed E-state index contributed by atoms with van der Waals surface area (Å²) < 4.78 is 7.33. The molecule has 0 unspecified atom stereocenters. The van der Waals surface area contributed by atoms with E-state index in [1.807, 2.05) is 23.5 Å². The lowest BCUT2D eigenvalue weighted by Gasteiger charge is -2.36. The van der Waals surface area contributed by atoms with E-state index in [1.54, 1.807) is 0 Å². The molecule has 1 amide bonds. The molecule has 3 aromatic rings. The van der Waals surface area contributed by atoms with Gasteiger partial charge >= 0.3 is 0 Å². The van der Waals surface area contributed by atoms with Crippen molar-refractivity contribution in [3.05, 3.63) is 52.9 Å². The second-order valence-electron chi connectivity index (χ2n) is 8.80. The average Bonchev–Trinajstić information content (AvgIpc) is 3.19. The molecule has 176 valence electrons. The monoisotopic (exact) mass is 485 g/mol. The van der Waals surface area contributed by atoms with Gasteiger partial charge in [0.1, 0.15) is 5.75 Å². The minimum Gasteiger partial charge on any atom is -0.494 e. The molecular formula is C26H32ClN3O2S. The highest BCUT2D eigenvalue weighted by Gasteiger charge is 2.19. The summed E-state index contributed by atoms with van der Waals surface area (Å²) in [6.45, 7) is 8.44. The number of carbonyl (C=O) groups is 1. The van der Waals surface area contributed by atoms with E-state index in [9.17, 15) is 4.79 Å². The quantitative estimate of drug-likeness (QED) is 0.449. The minimum absolute atomic E-state index is 0. The lowest BCUT2D eigenvalue weighted by atomic mass is 10.0. The summed E-state index contributed by atoms with van der Waals surface area (Å²) in [5.41, 5.74) is 3.49. The van der Waals surface area contributed by atoms with Gasteiger partial charge in [0.05, 0.1) is 6.61 Å². The first-order valence-electron chi connectivity index (χ1n) is 11.7. The molecule has 1 aromatic heterocycles. The standard InChI is InChI=1S/C26H31N3O2S.ClH/c1-19-17-22-24(5-4-6-25(22)32-19)29-14-12-28(13-15-29)11-2-3-16-31-21-9-7-20-8-10-26(30)27-23(20)18-21;/h4-7,9,17-18H,2-3,8,10-16H2,1H3,(H,27,30);1H. The molecule has 2 aliphatic rings. The van der Waals surface area contributed by atoms with Crippen LogP contribution in [0.15, 0.2) is 42.5 Å². The zero-order valence-corrected chi connectivity index (χ0v) is 20.8. The first-order valence-corrected chi connectivity index (χ1v) is 12.5. The fraction of sp³-hybridized carbons (Fsp3) is 0.423. The van der Waals surface area contributed by atoms with Crippen molar-refractivity contribution in [3.8, 4) is 5.75 Å². The highest BCUT2D eigenvalue weighted by atomic mass is 35.5. The number of halogens is 1. The molecule has 0 aliphatic carbocycles. The van der Waals surface area contributed by atoms with Crippen molar-refractivity contribution < 1.29 is 9.53 Å². The summed E-state index contributed by atoms with van der Waals surface area (Å²) in [7, 11) is 0. The number of fused-ring (bicyclic) bond motifs is 2. The molecule has 0 atom stereocenters. The Balaban J connectivity index is 0.00000259. The third-order valence-electron chi connectivity index (χ3n) is 6.49. The Morgan fingerprint density at radius 1 is 1.03 bits per heavy atom. The van der Waals surface area contributed by atoms with Crippen molar-refractivity contribution in [1.29, 1.82) is 0 Å². The van der Waals surface area contributed by atoms with Crippen LogP contribution in [0.1, 0.15) is 29.7 Å². The molecule has 0 bridgehead atoms. The van der Waals surface area contributed by atoms with Gasteiger partial charge in [-0.3, -0.25) is 9.69 Å². The summed E-state index contributed by atoms with van der Waals surface area (Å²) >= 11 is 1.88. The number of ether oxygens (including phenoxy) is 1. The van der Waals surface area contributed by atoms with Gasteiger partial charge in [0.25, 0.3) is 0 Å². The summed E-state index contributed by atoms with van der Waals surface area (Å²) in [6.07, 6.45) is 3.57. The molecule has 2 aliphatic heterocycles. The second kappa shape index (κ2) is 10.8. The van der Waals surface area contributed by atoms with Crippen LogP contribution in [-0.2, 0) is 11.2 Å². The van der Waals surface area contributed by atoms with Gasteiger partial charge in [-0.2, -0.15) is 0 Å². The van der Waals surface area contributed by atoms with E-state index in [0.29, 0.717) is 13.0 Å². The highest BCUT2D eigenvalue weighted by molar-refractivity contribution is 7.19. The summed E-state index contributed by atoms with van der Waals surface area (Å²) in [5.74, 6) is 0.939. The Labute approximate surface area is 206 Å². The molecule has 1 N–H and O–H groups in total. The molecule has 0 radical (unpaired) electrons. The number of anilines is 2. The van der Waals surface area contributed by atoms with Gasteiger partial charge in [0, 0.05) is 65.0 Å². The molecule has 5 nitrogen and oxygen atoms in total. The van der Waals surface area contributed by atoms with Gasteiger partial charge < -0.3 is 15.0 Å². The molecule has 33 heavy (non-hydrogen) atoms. The van der Waals surface area contributed by atoms with E-state index < -0.39 is 0 Å². The van der Waals surface area contributed by atoms with Crippen molar-refractivity contribution in [2.24, 2.45) is 0 Å². The first-order chi connectivity index (χ1) is 15.7. The number of piperazine rings is 1. The number of thiophene rings is 1. The minimum atomic E-state index is 0. The fourth-order valence-electron chi connectivity index (χ4n) is 4.73. The molecule has 0 spiro atoms. The number of aryl methyl sites for hydroxylation is 2. The van der Waals surface area contributed by atoms with Crippen LogP contribution in [0.4, 0.5) is 11.4 Å². The predicted molar refractivity (Wildman–Crippen MR) is 141 cm³/mol. The number of nitrogens with one attached hydrogen (secondary N) is 1. The van der Waals surface area contributed by atoms with E-state index in [1.165, 1.54) is 26.2 Å². The Hall–Kier alpha value is -2.28. The van der Waals surface area contributed by atoms with Gasteiger partial charge in [0.15, 0.2) is 0 Å². The van der Waals surface area contributed by atoms with Crippen molar-refractivity contribution in [3.63, 3.8) is 0 Å². The van der Waals surface area contributed by atoms with Crippen LogP contribution in [0.2, 0.25) is 0 Å². The number of benzene rings is 2. The number of carbonyl (C=O) groups excluding carboxylic acids is 1.